The molecule has 1 aliphatic heterocycles. The van der Waals surface area contributed by atoms with Crippen molar-refractivity contribution in [3.8, 4) is 0 Å². The zero-order valence-electron chi connectivity index (χ0n) is 73.1. The number of hydrogen-bond acceptors (Lipinski definition) is 21. The van der Waals surface area contributed by atoms with Crippen molar-refractivity contribution in [2.75, 3.05) is 39.3 Å². The van der Waals surface area contributed by atoms with Crippen molar-refractivity contribution in [1.82, 2.24) is 85.1 Å². The molecule has 0 unspecified atom stereocenters. The molecule has 0 spiro atoms. The van der Waals surface area contributed by atoms with Crippen LogP contribution in [0.5, 0.6) is 0 Å². The number of nitrogens with two attached hydrogens (primary N) is 6. The lowest BCUT2D eigenvalue weighted by atomic mass is 9.83. The summed E-state index contributed by atoms with van der Waals surface area (Å²) in [6.45, 7) is 10.3. The van der Waals surface area contributed by atoms with Gasteiger partial charge in [0.1, 0.15) is 54.4 Å². The Bertz CT molecular complexity index is 3960. The van der Waals surface area contributed by atoms with Crippen LogP contribution in [0.1, 0.15) is 201 Å². The standard InChI is InChI=1S/C82H135N25O19/c1-7-8-22-48(37-65(110)93-42-66(111)98-62(39-67(112)113)77(123)95-45(5)70(116)105-60(36-47-20-10-9-11-21-47)79(125)107-61(38-64(84)109)80(126)102-56(68(85)114)30-18-33-91-81(86)87)97-75(121)57(27-14-15-32-83)103-72(118)51-25-17-29-55(51)101-78(124)59(35-43(2)3)106-73(119)49-23-12-13-26-53(49)100-76(122)58(31-19-34-92-82(88)89)104-71(117)50-24-16-28-54(50)99-69(115)44(4)94-74(120)52-40-90-41-63(52)96-46(6)108/h9-11,20-21,43-45,48-63,90H,7-8,12-19,22-42,83H2,1-6H3,(H2,84,109)(H2,85,114)(H,93,110)(H,94,120)(H,95,123)(H,96,108)(H,97,121)(H,98,111)(H,99,115)(H,100,122)(H,101,124)(H,102,126)(H,103,118)(H,104,117)(H,105,116)(H,106,119)(H,107,125)(H,112,113)(H4,86,87,91)(H4,88,89,92)/p+1/t44-,45-,48-,49+,50+,51+,52+,53+,54+,55+,56-,57-,58-,59-,60-,61-,62-,63+/m0/s1. The molecule has 4 aliphatic rings. The van der Waals surface area contributed by atoms with Crippen LogP contribution < -0.4 is 125 Å². The van der Waals surface area contributed by atoms with E-state index in [0.29, 0.717) is 115 Å². The van der Waals surface area contributed by atoms with Gasteiger partial charge in [0.2, 0.25) is 100 Å². The minimum Gasteiger partial charge on any atom is -0.481 e. The average Bonchev–Trinajstić information content (AvgIpc) is 1.65. The smallest absolute Gasteiger partial charge is 0.305 e. The number of guanidine groups is 2. The molecule has 702 valence electrons. The fourth-order valence-corrected chi connectivity index (χ4v) is 15.8. The fraction of sp³-hybridized carbons (Fsp3) is 0.683. The number of aliphatic imine (C=N–C) groups is 2. The lowest BCUT2D eigenvalue weighted by Crippen LogP contribution is -2.59. The van der Waals surface area contributed by atoms with Gasteiger partial charge in [0.05, 0.1) is 55.6 Å². The van der Waals surface area contributed by atoms with Gasteiger partial charge in [-0.25, -0.2) is 0 Å². The topological polar surface area (TPSA) is 728 Å². The van der Waals surface area contributed by atoms with E-state index in [9.17, 15) is 91.4 Å². The minimum absolute atomic E-state index is 0.0445. The lowest BCUT2D eigenvalue weighted by molar-refractivity contribution is -0.368. The highest BCUT2D eigenvalue weighted by atomic mass is 16.4. The number of benzene rings is 1. The molecule has 0 aromatic heterocycles. The summed E-state index contributed by atoms with van der Waals surface area (Å²) in [5.41, 5.74) is 37.3. The van der Waals surface area contributed by atoms with Crippen molar-refractivity contribution in [3.63, 3.8) is 0 Å². The summed E-state index contributed by atoms with van der Waals surface area (Å²) < 4.78 is 0. The van der Waals surface area contributed by atoms with Crippen LogP contribution in [0.15, 0.2) is 40.3 Å². The highest BCUT2D eigenvalue weighted by Gasteiger charge is 2.43. The van der Waals surface area contributed by atoms with Crippen LogP contribution in [0.2, 0.25) is 0 Å². The summed E-state index contributed by atoms with van der Waals surface area (Å²) >= 11 is 0. The average molecular weight is 1780 g/mol. The van der Waals surface area contributed by atoms with Gasteiger partial charge in [0.25, 0.3) is 0 Å². The molecule has 1 saturated heterocycles. The molecule has 0 radical (unpaired) electrons. The summed E-state index contributed by atoms with van der Waals surface area (Å²) in [6.07, 6.45) is 5.60. The summed E-state index contributed by atoms with van der Waals surface area (Å²) in [7, 11) is 0. The van der Waals surface area contributed by atoms with E-state index in [1.807, 2.05) is 20.8 Å². The molecule has 44 nitrogen and oxygen atoms in total. The second-order valence-corrected chi connectivity index (χ2v) is 33.4. The van der Waals surface area contributed by atoms with Crippen LogP contribution in [0.4, 0.5) is 0 Å². The number of nitrogens with zero attached hydrogens (tertiary/aromatic N) is 2. The van der Waals surface area contributed by atoms with Gasteiger partial charge in [-0.2, -0.15) is 0 Å². The molecular weight excluding hydrogens is 1640 g/mol. The van der Waals surface area contributed by atoms with Crippen molar-refractivity contribution in [3.05, 3.63) is 35.9 Å². The van der Waals surface area contributed by atoms with Gasteiger partial charge < -0.3 is 130 Å². The molecule has 3 aliphatic carbocycles. The highest BCUT2D eigenvalue weighted by molar-refractivity contribution is 6.00. The Kier molecular flexibility index (Phi) is 45.0. The first-order chi connectivity index (χ1) is 59.8. The maximum absolute atomic E-state index is 14.6. The predicted octanol–water partition coefficient (Wildman–Crippen LogP) is -6.82. The third-order valence-corrected chi connectivity index (χ3v) is 22.5. The molecule has 18 atom stereocenters. The number of carbonyl (C=O) groups excluding carboxylic acids is 17. The summed E-state index contributed by atoms with van der Waals surface area (Å²) in [5.74, 6) is -17.6. The van der Waals surface area contributed by atoms with E-state index in [4.69, 9.17) is 34.4 Å². The molecule has 17 amide bonds. The normalized spacial score (nSPS) is 20.6. The van der Waals surface area contributed by atoms with E-state index in [-0.39, 0.29) is 94.6 Å². The number of carboxylic acids is 1. The van der Waals surface area contributed by atoms with Crippen LogP contribution >= 0.6 is 0 Å². The van der Waals surface area contributed by atoms with Crippen molar-refractivity contribution in [1.29, 1.82) is 0 Å². The number of quaternary nitrogens is 1. The molecular formula is C82H136N25O19+. The van der Waals surface area contributed by atoms with Gasteiger partial charge in [0, 0.05) is 70.1 Å². The Labute approximate surface area is 733 Å². The van der Waals surface area contributed by atoms with E-state index in [0.717, 1.165) is 0 Å². The highest BCUT2D eigenvalue weighted by Crippen LogP contribution is 2.30. The molecule has 0 bridgehead atoms. The second-order valence-electron chi connectivity index (χ2n) is 33.4. The van der Waals surface area contributed by atoms with Crippen molar-refractivity contribution < 1.29 is 97.1 Å². The third kappa shape index (κ3) is 37.1. The van der Waals surface area contributed by atoms with E-state index in [1.165, 1.54) is 20.8 Å². The molecule has 32 N–H and O–H groups in total. The summed E-state index contributed by atoms with van der Waals surface area (Å²) in [5, 5.41) is 53.3. The number of rotatable bonds is 54. The van der Waals surface area contributed by atoms with Crippen molar-refractivity contribution in [2.45, 2.75) is 287 Å². The lowest BCUT2D eigenvalue weighted by Gasteiger charge is -2.34. The van der Waals surface area contributed by atoms with Crippen LogP contribution in [0, 0.1) is 29.6 Å². The molecule has 1 heterocycles. The first kappa shape index (κ1) is 105. The first-order valence-corrected chi connectivity index (χ1v) is 43.7. The number of carboxylic acid groups (broad SMARTS) is 1. The number of aliphatic carboxylic acids is 1. The molecule has 3 saturated carbocycles. The summed E-state index contributed by atoms with van der Waals surface area (Å²) in [4.78, 5) is 252. The van der Waals surface area contributed by atoms with Crippen LogP contribution in [-0.4, -0.2) is 247 Å². The van der Waals surface area contributed by atoms with Crippen molar-refractivity contribution >= 4 is 118 Å². The Balaban J connectivity index is 1.19. The van der Waals surface area contributed by atoms with Crippen LogP contribution in [0.3, 0.4) is 0 Å². The molecule has 1 aromatic rings. The zero-order chi connectivity index (χ0) is 93.3. The Hall–Kier alpha value is -11.9. The number of hydrogen-bond donors (Lipinski definition) is 24. The monoisotopic (exact) mass is 1780 g/mol. The predicted molar refractivity (Wildman–Crippen MR) is 460 cm³/mol. The molecule has 44 heteroatoms. The Morgan fingerprint density at radius 2 is 0.921 bits per heavy atom. The van der Waals surface area contributed by atoms with Gasteiger partial charge in [-0.05, 0) is 122 Å². The number of nitrogens with one attached hydrogen (secondary N) is 16. The Morgan fingerprint density at radius 3 is 1.47 bits per heavy atom. The molecule has 4 fully saturated rings. The van der Waals surface area contributed by atoms with Gasteiger partial charge in [-0.15, -0.1) is 0 Å². The number of primary amides is 2. The van der Waals surface area contributed by atoms with E-state index >= 15 is 0 Å². The van der Waals surface area contributed by atoms with Gasteiger partial charge in [0.15, 0.2) is 11.9 Å². The summed E-state index contributed by atoms with van der Waals surface area (Å²) in [6, 6.07) is -7.46. The number of unbranched alkanes of at least 4 members (excludes halogenated alkanes) is 2. The molecule has 5 rings (SSSR count). The molecule has 126 heavy (non-hydrogen) atoms. The van der Waals surface area contributed by atoms with Gasteiger partial charge >= 0.3 is 5.97 Å². The number of amides is 17. The molecule has 1 aromatic carbocycles. The van der Waals surface area contributed by atoms with E-state index < -0.39 is 228 Å². The number of carbonyl (C=O) groups is 18. The largest absolute Gasteiger partial charge is 0.481 e. The fourth-order valence-electron chi connectivity index (χ4n) is 15.8. The van der Waals surface area contributed by atoms with Gasteiger partial charge in [-0.3, -0.25) is 96.3 Å². The maximum Gasteiger partial charge on any atom is 0.305 e. The second kappa shape index (κ2) is 54.1. The quantitative estimate of drug-likeness (QED) is 0.0164. The maximum atomic E-state index is 14.6. The first-order valence-electron chi connectivity index (χ1n) is 43.7. The van der Waals surface area contributed by atoms with E-state index in [1.54, 1.807) is 30.3 Å². The third-order valence-electron chi connectivity index (χ3n) is 22.5. The minimum atomic E-state index is -1.84. The van der Waals surface area contributed by atoms with E-state index in [2.05, 4.69) is 101 Å². The Morgan fingerprint density at radius 1 is 0.444 bits per heavy atom. The van der Waals surface area contributed by atoms with Crippen LogP contribution in [-0.2, 0) is 92.7 Å². The van der Waals surface area contributed by atoms with Crippen molar-refractivity contribution in [2.24, 2.45) is 74.0 Å². The van der Waals surface area contributed by atoms with Gasteiger partial charge in [-0.1, -0.05) is 89.6 Å². The SMILES string of the molecule is CCCC[C@@H](CC(=O)NCC(=O)N[C@@H](CC(=O)O)C(=O)N[C@@H](C)C(=O)N[C@@H](Cc1ccccc1)C(=O)N[C@@H](CC(N)=O)C(=O)N[C@@H](CCCN=C(N)N)C(N)=O)NC(=O)[C@H](CCCC[NH3+])NC(=O)[C@@H]1CCC[C@H]1NC(=O)[C@H](CC(C)C)NC(=O)[C@@H]1CCCC[C@H]1NC(=O)[C@H](CCCN=C(N)N)NC(=O)[C@@H]1CCC[C@H]1NC(=O)[C@H](C)NC(=O)[C@@H]1CNC[C@H]1NC(C)=O. The zero-order valence-corrected chi connectivity index (χ0v) is 73.1. The van der Waals surface area contributed by atoms with Crippen LogP contribution in [0.25, 0.3) is 0 Å².